The maximum absolute atomic E-state index is 4.66. The van der Waals surface area contributed by atoms with E-state index in [1.807, 2.05) is 24.7 Å². The summed E-state index contributed by atoms with van der Waals surface area (Å²) in [4.78, 5) is 15.8. The van der Waals surface area contributed by atoms with Crippen LogP contribution in [0, 0.1) is 20.8 Å². The second kappa shape index (κ2) is 4.86. The third-order valence-electron chi connectivity index (χ3n) is 3.31. The standard InChI is InChI=1S/C14H17N5S/c1-5-15-14-17-12(19-7-16-9(3)10(19)4)11-6-8(2)20-13(11)18-14/h6-7H,5H2,1-4H3,(H,15,17,18). The average molecular weight is 287 g/mol. The van der Waals surface area contributed by atoms with Gasteiger partial charge in [-0.1, -0.05) is 0 Å². The molecular weight excluding hydrogens is 270 g/mol. The number of aromatic nitrogens is 4. The number of aryl methyl sites for hydroxylation is 2. The molecule has 0 unspecified atom stereocenters. The second-order valence-electron chi connectivity index (χ2n) is 4.76. The van der Waals surface area contributed by atoms with Crippen LogP contribution in [-0.2, 0) is 0 Å². The van der Waals surface area contributed by atoms with Crippen LogP contribution in [0.4, 0.5) is 5.95 Å². The van der Waals surface area contributed by atoms with Crippen LogP contribution in [0.1, 0.15) is 23.2 Å². The molecule has 0 aliphatic carbocycles. The second-order valence-corrected chi connectivity index (χ2v) is 6.00. The number of nitrogens with zero attached hydrogens (tertiary/aromatic N) is 4. The lowest BCUT2D eigenvalue weighted by Crippen LogP contribution is -2.06. The predicted molar refractivity (Wildman–Crippen MR) is 82.9 cm³/mol. The maximum Gasteiger partial charge on any atom is 0.226 e. The van der Waals surface area contributed by atoms with Gasteiger partial charge < -0.3 is 5.32 Å². The number of rotatable bonds is 3. The summed E-state index contributed by atoms with van der Waals surface area (Å²) in [6, 6.07) is 2.14. The Hall–Kier alpha value is -1.95. The minimum atomic E-state index is 0.669. The van der Waals surface area contributed by atoms with Gasteiger partial charge in [-0.3, -0.25) is 4.57 Å². The van der Waals surface area contributed by atoms with Gasteiger partial charge in [-0.2, -0.15) is 4.98 Å². The molecule has 0 bridgehead atoms. The van der Waals surface area contributed by atoms with Crippen LogP contribution >= 0.6 is 11.3 Å². The van der Waals surface area contributed by atoms with E-state index in [9.17, 15) is 0 Å². The molecule has 0 spiro atoms. The SMILES string of the molecule is CCNc1nc(-n2cnc(C)c2C)c2cc(C)sc2n1. The van der Waals surface area contributed by atoms with E-state index in [0.717, 1.165) is 34.0 Å². The monoisotopic (exact) mass is 287 g/mol. The number of hydrogen-bond donors (Lipinski definition) is 1. The summed E-state index contributed by atoms with van der Waals surface area (Å²) in [5.74, 6) is 1.57. The topological polar surface area (TPSA) is 55.6 Å². The molecule has 0 aromatic carbocycles. The molecule has 0 saturated heterocycles. The van der Waals surface area contributed by atoms with Gasteiger partial charge in [-0.15, -0.1) is 11.3 Å². The van der Waals surface area contributed by atoms with Crippen LogP contribution in [0.3, 0.4) is 0 Å². The molecular formula is C14H17N5S. The van der Waals surface area contributed by atoms with Crippen molar-refractivity contribution in [1.29, 1.82) is 0 Å². The van der Waals surface area contributed by atoms with E-state index < -0.39 is 0 Å². The van der Waals surface area contributed by atoms with Crippen LogP contribution in [0.2, 0.25) is 0 Å². The largest absolute Gasteiger partial charge is 0.354 e. The molecule has 104 valence electrons. The molecule has 5 nitrogen and oxygen atoms in total. The Morgan fingerprint density at radius 2 is 2.05 bits per heavy atom. The Labute approximate surface area is 121 Å². The average Bonchev–Trinajstić information content (AvgIpc) is 2.93. The molecule has 0 radical (unpaired) electrons. The van der Waals surface area contributed by atoms with E-state index in [2.05, 4.69) is 40.2 Å². The summed E-state index contributed by atoms with van der Waals surface area (Å²) in [6.07, 6.45) is 1.83. The van der Waals surface area contributed by atoms with Crippen molar-refractivity contribution < 1.29 is 0 Å². The van der Waals surface area contributed by atoms with Crippen molar-refractivity contribution in [3.8, 4) is 5.82 Å². The van der Waals surface area contributed by atoms with Crippen LogP contribution in [-0.4, -0.2) is 26.1 Å². The molecule has 6 heteroatoms. The van der Waals surface area contributed by atoms with Crippen molar-refractivity contribution in [3.05, 3.63) is 28.7 Å². The molecule has 0 saturated carbocycles. The minimum Gasteiger partial charge on any atom is -0.354 e. The molecule has 0 atom stereocenters. The fourth-order valence-corrected chi connectivity index (χ4v) is 3.03. The summed E-state index contributed by atoms with van der Waals surface area (Å²) >= 11 is 1.69. The van der Waals surface area contributed by atoms with Gasteiger partial charge in [0.1, 0.15) is 11.2 Å². The van der Waals surface area contributed by atoms with Crippen LogP contribution in [0.25, 0.3) is 16.0 Å². The van der Waals surface area contributed by atoms with Gasteiger partial charge in [0, 0.05) is 17.1 Å². The van der Waals surface area contributed by atoms with E-state index in [1.54, 1.807) is 11.3 Å². The molecule has 1 N–H and O–H groups in total. The molecule has 3 aromatic rings. The van der Waals surface area contributed by atoms with Gasteiger partial charge in [0.15, 0.2) is 5.82 Å². The lowest BCUT2D eigenvalue weighted by Gasteiger charge is -2.09. The fraction of sp³-hybridized carbons (Fsp3) is 0.357. The highest BCUT2D eigenvalue weighted by atomic mass is 32.1. The van der Waals surface area contributed by atoms with E-state index in [0.29, 0.717) is 5.95 Å². The van der Waals surface area contributed by atoms with Crippen LogP contribution in [0.5, 0.6) is 0 Å². The van der Waals surface area contributed by atoms with Gasteiger partial charge >= 0.3 is 0 Å². The normalized spacial score (nSPS) is 11.2. The van der Waals surface area contributed by atoms with E-state index >= 15 is 0 Å². The van der Waals surface area contributed by atoms with Crippen molar-refractivity contribution >= 4 is 27.5 Å². The third-order valence-corrected chi connectivity index (χ3v) is 4.26. The van der Waals surface area contributed by atoms with Crippen molar-refractivity contribution in [1.82, 2.24) is 19.5 Å². The highest BCUT2D eigenvalue weighted by molar-refractivity contribution is 7.18. The Morgan fingerprint density at radius 3 is 2.70 bits per heavy atom. The molecule has 3 heterocycles. The number of fused-ring (bicyclic) bond motifs is 1. The highest BCUT2D eigenvalue weighted by Gasteiger charge is 2.14. The summed E-state index contributed by atoms with van der Waals surface area (Å²) in [6.45, 7) is 9.00. The van der Waals surface area contributed by atoms with Crippen LogP contribution in [0.15, 0.2) is 12.4 Å². The lowest BCUT2D eigenvalue weighted by molar-refractivity contribution is 0.950. The Bertz CT molecular complexity index is 771. The first-order valence-corrected chi connectivity index (χ1v) is 7.44. The van der Waals surface area contributed by atoms with Gasteiger partial charge in [-0.05, 0) is 33.8 Å². The lowest BCUT2D eigenvalue weighted by atomic mass is 10.3. The number of anilines is 1. The summed E-state index contributed by atoms with van der Waals surface area (Å²) in [5.41, 5.74) is 2.13. The molecule has 0 aliphatic rings. The third kappa shape index (κ3) is 2.06. The fourth-order valence-electron chi connectivity index (χ4n) is 2.16. The quantitative estimate of drug-likeness (QED) is 0.803. The maximum atomic E-state index is 4.66. The molecule has 3 rings (SSSR count). The zero-order chi connectivity index (χ0) is 14.3. The number of hydrogen-bond acceptors (Lipinski definition) is 5. The first kappa shape index (κ1) is 13.1. The first-order chi connectivity index (χ1) is 9.60. The van der Waals surface area contributed by atoms with Crippen molar-refractivity contribution in [2.24, 2.45) is 0 Å². The van der Waals surface area contributed by atoms with Gasteiger partial charge in [-0.25, -0.2) is 9.97 Å². The van der Waals surface area contributed by atoms with Crippen LogP contribution < -0.4 is 5.32 Å². The van der Waals surface area contributed by atoms with E-state index in [4.69, 9.17) is 0 Å². The smallest absolute Gasteiger partial charge is 0.226 e. The number of thiophene rings is 1. The molecule has 0 fully saturated rings. The Morgan fingerprint density at radius 1 is 1.25 bits per heavy atom. The Kier molecular flexibility index (Phi) is 3.17. The van der Waals surface area contributed by atoms with Crippen molar-refractivity contribution in [2.75, 3.05) is 11.9 Å². The summed E-state index contributed by atoms with van der Waals surface area (Å²) in [7, 11) is 0. The molecule has 0 amide bonds. The highest BCUT2D eigenvalue weighted by Crippen LogP contribution is 2.29. The summed E-state index contributed by atoms with van der Waals surface area (Å²) < 4.78 is 2.03. The molecule has 0 aliphatic heterocycles. The van der Waals surface area contributed by atoms with E-state index in [-0.39, 0.29) is 0 Å². The van der Waals surface area contributed by atoms with Gasteiger partial charge in [0.05, 0.1) is 11.1 Å². The molecule has 3 aromatic heterocycles. The van der Waals surface area contributed by atoms with Gasteiger partial charge in [0.2, 0.25) is 5.95 Å². The predicted octanol–water partition coefficient (Wildman–Crippen LogP) is 3.23. The van der Waals surface area contributed by atoms with E-state index in [1.165, 1.54) is 4.88 Å². The minimum absolute atomic E-state index is 0.669. The first-order valence-electron chi connectivity index (χ1n) is 6.63. The van der Waals surface area contributed by atoms with Crippen molar-refractivity contribution in [3.63, 3.8) is 0 Å². The van der Waals surface area contributed by atoms with Crippen molar-refractivity contribution in [2.45, 2.75) is 27.7 Å². The molecule has 20 heavy (non-hydrogen) atoms. The summed E-state index contributed by atoms with van der Waals surface area (Å²) in [5, 5.41) is 4.27. The number of imidazole rings is 1. The zero-order valence-electron chi connectivity index (χ0n) is 12.1. The van der Waals surface area contributed by atoms with Gasteiger partial charge in [0.25, 0.3) is 0 Å². The zero-order valence-corrected chi connectivity index (χ0v) is 12.9. The Balaban J connectivity index is 2.29. The number of nitrogens with one attached hydrogen (secondary N) is 1.